The molecule has 0 bridgehead atoms. The molecule has 1 heterocycles. The zero-order chi connectivity index (χ0) is 13.3. The Kier molecular flexibility index (Phi) is 3.48. The van der Waals surface area contributed by atoms with Crippen LogP contribution >= 0.6 is 11.6 Å². The van der Waals surface area contributed by atoms with Crippen LogP contribution in [0.2, 0.25) is 5.02 Å². The smallest absolute Gasteiger partial charge is 0.192 e. The SMILES string of the molecule is CCCN1C(N)=NCC1(C)c1ccc(F)cc1Cl. The molecule has 18 heavy (non-hydrogen) atoms. The van der Waals surface area contributed by atoms with Crippen molar-refractivity contribution in [3.63, 3.8) is 0 Å². The second kappa shape index (κ2) is 4.76. The van der Waals surface area contributed by atoms with Gasteiger partial charge in [0.2, 0.25) is 0 Å². The maximum Gasteiger partial charge on any atom is 0.192 e. The average Bonchev–Trinajstić information content (AvgIpc) is 2.58. The van der Waals surface area contributed by atoms with E-state index in [4.69, 9.17) is 17.3 Å². The van der Waals surface area contributed by atoms with E-state index in [1.807, 2.05) is 11.8 Å². The summed E-state index contributed by atoms with van der Waals surface area (Å²) < 4.78 is 13.1. The van der Waals surface area contributed by atoms with Crippen molar-refractivity contribution in [3.05, 3.63) is 34.6 Å². The van der Waals surface area contributed by atoms with Gasteiger partial charge in [0.25, 0.3) is 0 Å². The first-order chi connectivity index (χ1) is 8.49. The molecule has 0 saturated carbocycles. The van der Waals surface area contributed by atoms with Gasteiger partial charge < -0.3 is 10.6 Å². The average molecular weight is 270 g/mol. The monoisotopic (exact) mass is 269 g/mol. The Morgan fingerprint density at radius 3 is 2.89 bits per heavy atom. The molecule has 2 rings (SSSR count). The van der Waals surface area contributed by atoms with Crippen molar-refractivity contribution in [2.24, 2.45) is 10.7 Å². The molecule has 0 saturated heterocycles. The maximum absolute atomic E-state index is 13.1. The summed E-state index contributed by atoms with van der Waals surface area (Å²) in [5, 5.41) is 0.420. The predicted octanol–water partition coefficient (Wildman–Crippen LogP) is 2.73. The number of rotatable bonds is 3. The van der Waals surface area contributed by atoms with Crippen LogP contribution in [-0.4, -0.2) is 23.9 Å². The van der Waals surface area contributed by atoms with E-state index in [-0.39, 0.29) is 11.4 Å². The van der Waals surface area contributed by atoms with Crippen LogP contribution in [0.15, 0.2) is 23.2 Å². The van der Waals surface area contributed by atoms with Gasteiger partial charge in [-0.05, 0) is 31.0 Å². The van der Waals surface area contributed by atoms with Crippen LogP contribution in [0.25, 0.3) is 0 Å². The Labute approximate surface area is 111 Å². The van der Waals surface area contributed by atoms with Crippen LogP contribution in [-0.2, 0) is 5.54 Å². The Morgan fingerprint density at radius 1 is 1.56 bits per heavy atom. The van der Waals surface area contributed by atoms with Gasteiger partial charge in [-0.3, -0.25) is 4.99 Å². The molecule has 1 unspecified atom stereocenters. The van der Waals surface area contributed by atoms with Gasteiger partial charge in [-0.15, -0.1) is 0 Å². The highest BCUT2D eigenvalue weighted by Gasteiger charge is 2.40. The molecular formula is C13H17ClFN3. The van der Waals surface area contributed by atoms with Crippen LogP contribution in [0.1, 0.15) is 25.8 Å². The summed E-state index contributed by atoms with van der Waals surface area (Å²) in [7, 11) is 0. The molecule has 3 nitrogen and oxygen atoms in total. The van der Waals surface area contributed by atoms with Crippen molar-refractivity contribution in [3.8, 4) is 0 Å². The fraction of sp³-hybridized carbons (Fsp3) is 0.462. The number of benzene rings is 1. The quantitative estimate of drug-likeness (QED) is 0.917. The molecule has 2 N–H and O–H groups in total. The van der Waals surface area contributed by atoms with Gasteiger partial charge in [0.15, 0.2) is 5.96 Å². The standard InChI is InChI=1S/C13H17ClFN3/c1-3-6-18-12(16)17-8-13(18,2)10-5-4-9(15)7-11(10)14/h4-5,7H,3,6,8H2,1-2H3,(H2,16,17). The van der Waals surface area contributed by atoms with Crippen LogP contribution in [0.4, 0.5) is 4.39 Å². The van der Waals surface area contributed by atoms with Gasteiger partial charge in [-0.2, -0.15) is 0 Å². The lowest BCUT2D eigenvalue weighted by Gasteiger charge is -2.37. The molecule has 0 spiro atoms. The lowest BCUT2D eigenvalue weighted by atomic mass is 9.91. The minimum Gasteiger partial charge on any atom is -0.370 e. The summed E-state index contributed by atoms with van der Waals surface area (Å²) in [5.41, 5.74) is 6.40. The molecule has 1 aromatic carbocycles. The lowest BCUT2D eigenvalue weighted by molar-refractivity contribution is 0.225. The van der Waals surface area contributed by atoms with Gasteiger partial charge in [-0.1, -0.05) is 24.6 Å². The Bertz CT molecular complexity index is 489. The van der Waals surface area contributed by atoms with Gasteiger partial charge in [0.05, 0.1) is 12.1 Å². The molecular weight excluding hydrogens is 253 g/mol. The third kappa shape index (κ3) is 2.05. The highest BCUT2D eigenvalue weighted by Crippen LogP contribution is 2.37. The Morgan fingerprint density at radius 2 is 2.28 bits per heavy atom. The molecule has 0 aliphatic carbocycles. The summed E-state index contributed by atoms with van der Waals surface area (Å²) in [4.78, 5) is 6.33. The third-order valence-electron chi connectivity index (χ3n) is 3.38. The van der Waals surface area contributed by atoms with Crippen LogP contribution in [0, 0.1) is 5.82 Å². The van der Waals surface area contributed by atoms with E-state index in [9.17, 15) is 4.39 Å². The number of aliphatic imine (C=N–C) groups is 1. The fourth-order valence-corrected chi connectivity index (χ4v) is 2.77. The van der Waals surface area contributed by atoms with Crippen molar-refractivity contribution in [1.82, 2.24) is 4.90 Å². The van der Waals surface area contributed by atoms with E-state index in [0.717, 1.165) is 18.5 Å². The van der Waals surface area contributed by atoms with Gasteiger partial charge in [0, 0.05) is 11.6 Å². The fourth-order valence-electron chi connectivity index (χ4n) is 2.40. The largest absolute Gasteiger partial charge is 0.370 e. The van der Waals surface area contributed by atoms with E-state index >= 15 is 0 Å². The molecule has 1 aliphatic rings. The molecule has 1 atom stereocenters. The van der Waals surface area contributed by atoms with Gasteiger partial charge in [-0.25, -0.2) is 4.39 Å². The van der Waals surface area contributed by atoms with Crippen molar-refractivity contribution in [2.45, 2.75) is 25.8 Å². The molecule has 1 aliphatic heterocycles. The van der Waals surface area contributed by atoms with E-state index in [1.165, 1.54) is 12.1 Å². The summed E-state index contributed by atoms with van der Waals surface area (Å²) in [6, 6.07) is 4.47. The number of hydrogen-bond donors (Lipinski definition) is 1. The molecule has 98 valence electrons. The third-order valence-corrected chi connectivity index (χ3v) is 3.69. The van der Waals surface area contributed by atoms with Crippen LogP contribution in [0.5, 0.6) is 0 Å². The normalized spacial score (nSPS) is 23.3. The highest BCUT2D eigenvalue weighted by molar-refractivity contribution is 6.31. The molecule has 0 aromatic heterocycles. The second-order valence-corrected chi connectivity index (χ2v) is 5.13. The number of nitrogens with zero attached hydrogens (tertiary/aromatic N) is 2. The lowest BCUT2D eigenvalue weighted by Crippen LogP contribution is -2.47. The molecule has 0 fully saturated rings. The Balaban J connectivity index is 2.42. The zero-order valence-corrected chi connectivity index (χ0v) is 11.3. The first-order valence-corrected chi connectivity index (χ1v) is 6.40. The van der Waals surface area contributed by atoms with E-state index in [1.54, 1.807) is 6.07 Å². The molecule has 5 heteroatoms. The minimum absolute atomic E-state index is 0.332. The van der Waals surface area contributed by atoms with Crippen LogP contribution < -0.4 is 5.73 Å². The van der Waals surface area contributed by atoms with Crippen molar-refractivity contribution >= 4 is 17.6 Å². The molecule has 0 radical (unpaired) electrons. The van der Waals surface area contributed by atoms with E-state index in [2.05, 4.69) is 11.9 Å². The van der Waals surface area contributed by atoms with Crippen molar-refractivity contribution in [2.75, 3.05) is 13.1 Å². The summed E-state index contributed by atoms with van der Waals surface area (Å²) >= 11 is 6.15. The topological polar surface area (TPSA) is 41.6 Å². The summed E-state index contributed by atoms with van der Waals surface area (Å²) in [5.74, 6) is 0.195. The second-order valence-electron chi connectivity index (χ2n) is 4.72. The van der Waals surface area contributed by atoms with Crippen molar-refractivity contribution in [1.29, 1.82) is 0 Å². The van der Waals surface area contributed by atoms with Gasteiger partial charge in [0.1, 0.15) is 5.82 Å². The number of guanidine groups is 1. The number of halogens is 2. The van der Waals surface area contributed by atoms with E-state index in [0.29, 0.717) is 17.5 Å². The minimum atomic E-state index is -0.384. The predicted molar refractivity (Wildman–Crippen MR) is 72.2 cm³/mol. The first kappa shape index (κ1) is 13.1. The number of hydrogen-bond acceptors (Lipinski definition) is 3. The van der Waals surface area contributed by atoms with Crippen LogP contribution in [0.3, 0.4) is 0 Å². The highest BCUT2D eigenvalue weighted by atomic mass is 35.5. The summed E-state index contributed by atoms with van der Waals surface area (Å²) in [6.45, 7) is 5.47. The summed E-state index contributed by atoms with van der Waals surface area (Å²) in [6.07, 6.45) is 0.963. The molecule has 1 aromatic rings. The van der Waals surface area contributed by atoms with Crippen molar-refractivity contribution < 1.29 is 4.39 Å². The maximum atomic E-state index is 13.1. The molecule has 0 amide bonds. The Hall–Kier alpha value is -1.29. The zero-order valence-electron chi connectivity index (χ0n) is 10.6. The van der Waals surface area contributed by atoms with E-state index < -0.39 is 0 Å². The number of nitrogens with two attached hydrogens (primary N) is 1. The van der Waals surface area contributed by atoms with Gasteiger partial charge >= 0.3 is 0 Å². The first-order valence-electron chi connectivity index (χ1n) is 6.02.